The molecule has 23 heavy (non-hydrogen) atoms. The number of rotatable bonds is 0. The highest BCUT2D eigenvalue weighted by atomic mass is 15.1. The zero-order valence-corrected chi connectivity index (χ0v) is 13.5. The van der Waals surface area contributed by atoms with Crippen molar-refractivity contribution in [1.29, 1.82) is 0 Å². The summed E-state index contributed by atoms with van der Waals surface area (Å²) in [6.45, 7) is 0. The fourth-order valence-corrected chi connectivity index (χ4v) is 3.92. The van der Waals surface area contributed by atoms with E-state index in [9.17, 15) is 0 Å². The van der Waals surface area contributed by atoms with Gasteiger partial charge in [-0.05, 0) is 43.4 Å². The third kappa shape index (κ3) is 3.54. The van der Waals surface area contributed by atoms with Gasteiger partial charge in [-0.1, -0.05) is 25.5 Å². The number of nitrogens with one attached hydrogen (secondary N) is 1. The molecule has 5 heteroatoms. The molecule has 2 aromatic rings. The molecule has 2 aromatic heterocycles. The molecule has 2 aliphatic heterocycles. The molecule has 4 nitrogen and oxygen atoms in total. The second kappa shape index (κ2) is 6.69. The number of nitrogens with zero attached hydrogens (tertiary/aromatic N) is 3. The van der Waals surface area contributed by atoms with E-state index >= 15 is 0 Å². The van der Waals surface area contributed by atoms with Gasteiger partial charge in [0.15, 0.2) is 0 Å². The van der Waals surface area contributed by atoms with Crippen LogP contribution in [0.15, 0.2) is 30.6 Å². The van der Waals surface area contributed by atoms with Crippen LogP contribution in [0.4, 0.5) is 5.95 Å². The zero-order valence-electron chi connectivity index (χ0n) is 13.5. The second-order valence-corrected chi connectivity index (χ2v) is 6.92. The van der Waals surface area contributed by atoms with Crippen LogP contribution < -0.4 is 5.32 Å². The fourth-order valence-electron chi connectivity index (χ4n) is 3.92. The van der Waals surface area contributed by atoms with Crippen LogP contribution in [0.25, 0.3) is 11.3 Å². The molecular formula is C18H23BN4. The normalized spacial score (nSPS) is 24.0. The molecule has 4 heterocycles. The Hall–Kier alpha value is -1.91. The second-order valence-electron chi connectivity index (χ2n) is 6.92. The van der Waals surface area contributed by atoms with Gasteiger partial charge in [-0.25, -0.2) is 9.97 Å². The van der Waals surface area contributed by atoms with Crippen LogP contribution in [0.5, 0.6) is 0 Å². The van der Waals surface area contributed by atoms with Gasteiger partial charge in [0.2, 0.25) is 5.95 Å². The summed E-state index contributed by atoms with van der Waals surface area (Å²) in [4.78, 5) is 13.7. The summed E-state index contributed by atoms with van der Waals surface area (Å²) in [6.07, 6.45) is 12.7. The maximum atomic E-state index is 4.70. The van der Waals surface area contributed by atoms with Crippen molar-refractivity contribution in [3.8, 4) is 11.3 Å². The fraction of sp³-hybridized carbons (Fsp3) is 0.500. The first kappa shape index (κ1) is 14.7. The molecule has 0 spiro atoms. The van der Waals surface area contributed by atoms with Gasteiger partial charge < -0.3 is 5.32 Å². The third-order valence-corrected chi connectivity index (χ3v) is 5.19. The van der Waals surface area contributed by atoms with Crippen LogP contribution >= 0.6 is 0 Å². The summed E-state index contributed by atoms with van der Waals surface area (Å²) in [6, 6.07) is 6.76. The minimum Gasteiger partial charge on any atom is -0.351 e. The average Bonchev–Trinajstić information content (AvgIpc) is 2.60. The van der Waals surface area contributed by atoms with Gasteiger partial charge in [-0.3, -0.25) is 4.98 Å². The Morgan fingerprint density at radius 3 is 3.04 bits per heavy atom. The van der Waals surface area contributed by atoms with Crippen LogP contribution in [-0.4, -0.2) is 28.3 Å². The van der Waals surface area contributed by atoms with E-state index in [2.05, 4.69) is 27.4 Å². The number of anilines is 1. The van der Waals surface area contributed by atoms with Gasteiger partial charge in [0.05, 0.1) is 5.69 Å². The van der Waals surface area contributed by atoms with Crippen molar-refractivity contribution in [2.45, 2.75) is 50.8 Å². The number of pyridine rings is 1. The number of fused-ring (bicyclic) bond motifs is 5. The summed E-state index contributed by atoms with van der Waals surface area (Å²) in [5.41, 5.74) is 3.21. The van der Waals surface area contributed by atoms with Gasteiger partial charge in [-0.2, -0.15) is 0 Å². The lowest BCUT2D eigenvalue weighted by Crippen LogP contribution is -2.28. The Morgan fingerprint density at radius 2 is 2.13 bits per heavy atom. The molecule has 2 atom stereocenters. The van der Waals surface area contributed by atoms with Crippen molar-refractivity contribution in [2.75, 3.05) is 5.32 Å². The van der Waals surface area contributed by atoms with E-state index in [-0.39, 0.29) is 0 Å². The first-order valence-corrected chi connectivity index (χ1v) is 8.92. The van der Waals surface area contributed by atoms with E-state index in [1.807, 2.05) is 18.5 Å². The van der Waals surface area contributed by atoms with E-state index in [1.165, 1.54) is 51.3 Å². The molecule has 1 N–H and O–H groups in total. The lowest BCUT2D eigenvalue weighted by molar-refractivity contribution is 0.357. The molecule has 1 saturated carbocycles. The molecule has 0 saturated heterocycles. The van der Waals surface area contributed by atoms with Crippen molar-refractivity contribution in [1.82, 2.24) is 15.0 Å². The smallest absolute Gasteiger partial charge is 0.223 e. The van der Waals surface area contributed by atoms with Crippen LogP contribution in [0.3, 0.4) is 0 Å². The van der Waals surface area contributed by atoms with E-state index in [1.54, 1.807) is 0 Å². The van der Waals surface area contributed by atoms with Gasteiger partial charge in [0.1, 0.15) is 7.28 Å². The molecule has 3 aliphatic rings. The third-order valence-electron chi connectivity index (χ3n) is 5.19. The van der Waals surface area contributed by atoms with Crippen LogP contribution in [-0.2, 0) is 6.42 Å². The first-order chi connectivity index (χ1) is 11.4. The number of aryl methyl sites for hydroxylation is 1. The summed E-state index contributed by atoms with van der Waals surface area (Å²) in [5, 5.41) is 3.57. The number of hydrogen-bond acceptors (Lipinski definition) is 4. The predicted octanol–water partition coefficient (Wildman–Crippen LogP) is 3.34. The molecule has 1 aliphatic carbocycles. The Morgan fingerprint density at radius 1 is 1.13 bits per heavy atom. The van der Waals surface area contributed by atoms with Crippen LogP contribution in [0.2, 0.25) is 12.6 Å². The summed E-state index contributed by atoms with van der Waals surface area (Å²) >= 11 is 0. The quantitative estimate of drug-likeness (QED) is 0.758. The molecule has 6 bridgehead atoms. The van der Waals surface area contributed by atoms with Gasteiger partial charge >= 0.3 is 0 Å². The summed E-state index contributed by atoms with van der Waals surface area (Å²) in [5.74, 6) is 1.61. The van der Waals surface area contributed by atoms with Crippen molar-refractivity contribution in [2.24, 2.45) is 5.92 Å². The first-order valence-electron chi connectivity index (χ1n) is 8.92. The lowest BCUT2D eigenvalue weighted by Gasteiger charge is -2.29. The SMILES string of the molecule is B1CCc2ccc(cn2)-c2ccnc(n2)NC2CCCC(C1)C2. The molecular weight excluding hydrogens is 283 g/mol. The minimum absolute atomic E-state index is 0.522. The zero-order chi connectivity index (χ0) is 15.5. The number of hydrogen-bond donors (Lipinski definition) is 1. The maximum absolute atomic E-state index is 4.70. The van der Waals surface area contributed by atoms with Crippen molar-refractivity contribution < 1.29 is 0 Å². The Bertz CT molecular complexity index is 658. The number of aromatic nitrogens is 3. The van der Waals surface area contributed by atoms with E-state index in [4.69, 9.17) is 4.98 Å². The highest BCUT2D eigenvalue weighted by Gasteiger charge is 2.22. The van der Waals surface area contributed by atoms with Crippen molar-refractivity contribution >= 4 is 13.2 Å². The molecule has 0 amide bonds. The monoisotopic (exact) mass is 306 g/mol. The van der Waals surface area contributed by atoms with E-state index in [0.717, 1.165) is 29.5 Å². The van der Waals surface area contributed by atoms with Gasteiger partial charge in [0, 0.05) is 29.7 Å². The molecule has 0 radical (unpaired) electrons. The molecule has 1 fully saturated rings. The van der Waals surface area contributed by atoms with Crippen molar-refractivity contribution in [3.05, 3.63) is 36.3 Å². The maximum Gasteiger partial charge on any atom is 0.223 e. The Kier molecular flexibility index (Phi) is 4.27. The standard InChI is InChI=1S/C18H23BN4/c1-2-13-10-16(3-1)22-18-20-9-7-17(23-18)14-4-5-15(21-12-14)6-8-19-11-13/h4-5,7,9,12-13,16,19H,1-3,6,8,10-11H2,(H,20,22,23). The molecule has 2 unspecified atom stereocenters. The average molecular weight is 306 g/mol. The lowest BCUT2D eigenvalue weighted by atomic mass is 9.63. The van der Waals surface area contributed by atoms with Crippen molar-refractivity contribution in [3.63, 3.8) is 0 Å². The Balaban J connectivity index is 1.64. The molecule has 5 rings (SSSR count). The topological polar surface area (TPSA) is 50.7 Å². The molecule has 118 valence electrons. The summed E-state index contributed by atoms with van der Waals surface area (Å²) < 4.78 is 0. The predicted molar refractivity (Wildman–Crippen MR) is 95.1 cm³/mol. The van der Waals surface area contributed by atoms with Gasteiger partial charge in [-0.15, -0.1) is 0 Å². The minimum atomic E-state index is 0.522. The highest BCUT2D eigenvalue weighted by Crippen LogP contribution is 2.29. The van der Waals surface area contributed by atoms with E-state index < -0.39 is 0 Å². The largest absolute Gasteiger partial charge is 0.351 e. The highest BCUT2D eigenvalue weighted by molar-refractivity contribution is 6.35. The molecule has 0 aromatic carbocycles. The van der Waals surface area contributed by atoms with Gasteiger partial charge in [0.25, 0.3) is 0 Å². The van der Waals surface area contributed by atoms with E-state index in [0.29, 0.717) is 6.04 Å². The van der Waals surface area contributed by atoms with Crippen LogP contribution in [0, 0.1) is 5.92 Å². The summed E-state index contributed by atoms with van der Waals surface area (Å²) in [7, 11) is 1.31. The van der Waals surface area contributed by atoms with Crippen LogP contribution in [0.1, 0.15) is 31.4 Å². The Labute approximate surface area is 138 Å².